The van der Waals surface area contributed by atoms with Gasteiger partial charge in [-0.15, -0.1) is 0 Å². The lowest BCUT2D eigenvalue weighted by Gasteiger charge is -2.32. The number of hydrogen-bond acceptors (Lipinski definition) is 2. The van der Waals surface area contributed by atoms with Crippen LogP contribution in [0.1, 0.15) is 44.7 Å². The predicted octanol–water partition coefficient (Wildman–Crippen LogP) is 4.85. The van der Waals surface area contributed by atoms with Gasteiger partial charge in [-0.25, -0.2) is 0 Å². The summed E-state index contributed by atoms with van der Waals surface area (Å²) in [5, 5.41) is 3.64. The molecule has 29 heavy (non-hydrogen) atoms. The molecule has 2 aromatic carbocycles. The van der Waals surface area contributed by atoms with E-state index in [2.05, 4.69) is 19.2 Å². The Hall–Kier alpha value is -2.33. The van der Waals surface area contributed by atoms with Crippen LogP contribution < -0.4 is 5.32 Å². The second-order valence-electron chi connectivity index (χ2n) is 7.75. The largest absolute Gasteiger partial charge is 0.354 e. The minimum absolute atomic E-state index is 0.0203. The van der Waals surface area contributed by atoms with Crippen LogP contribution in [0, 0.1) is 5.92 Å². The standard InChI is InChI=1S/C24H31ClN2O2/c1-4-9-23(28)27(17-20-12-8-13-21(25)14-20)22(24(29)26-16-18(2)3)15-19-10-6-5-7-11-19/h5-8,10-14,18,22H,4,9,15-17H2,1-3H3,(H,26,29). The van der Waals surface area contributed by atoms with E-state index in [1.165, 1.54) is 0 Å². The highest BCUT2D eigenvalue weighted by atomic mass is 35.5. The molecule has 0 aromatic heterocycles. The molecule has 0 radical (unpaired) electrons. The van der Waals surface area contributed by atoms with Crippen molar-refractivity contribution in [2.75, 3.05) is 6.54 Å². The summed E-state index contributed by atoms with van der Waals surface area (Å²) in [6, 6.07) is 16.7. The number of hydrogen-bond donors (Lipinski definition) is 1. The Kier molecular flexibility index (Phi) is 9.20. The number of carbonyl (C=O) groups excluding carboxylic acids is 2. The van der Waals surface area contributed by atoms with Gasteiger partial charge in [0.25, 0.3) is 0 Å². The number of amides is 2. The van der Waals surface area contributed by atoms with Crippen LogP contribution in [0.4, 0.5) is 0 Å². The van der Waals surface area contributed by atoms with Gasteiger partial charge in [-0.2, -0.15) is 0 Å². The molecular weight excluding hydrogens is 384 g/mol. The van der Waals surface area contributed by atoms with Gasteiger partial charge >= 0.3 is 0 Å². The van der Waals surface area contributed by atoms with Crippen LogP contribution in [0.5, 0.6) is 0 Å². The van der Waals surface area contributed by atoms with Crippen molar-refractivity contribution >= 4 is 23.4 Å². The lowest BCUT2D eigenvalue weighted by Crippen LogP contribution is -2.51. The van der Waals surface area contributed by atoms with Crippen molar-refractivity contribution in [3.63, 3.8) is 0 Å². The summed E-state index contributed by atoms with van der Waals surface area (Å²) in [5.74, 6) is 0.200. The Bertz CT molecular complexity index is 792. The first-order valence-corrected chi connectivity index (χ1v) is 10.6. The van der Waals surface area contributed by atoms with Gasteiger partial charge in [0.1, 0.15) is 6.04 Å². The maximum Gasteiger partial charge on any atom is 0.243 e. The molecule has 1 atom stereocenters. The van der Waals surface area contributed by atoms with Gasteiger partial charge in [0.05, 0.1) is 0 Å². The Morgan fingerprint density at radius 1 is 1.03 bits per heavy atom. The molecule has 0 fully saturated rings. The molecule has 0 saturated heterocycles. The SMILES string of the molecule is CCCC(=O)N(Cc1cccc(Cl)c1)C(Cc1ccccc1)C(=O)NCC(C)C. The van der Waals surface area contributed by atoms with Gasteiger partial charge in [0, 0.05) is 31.0 Å². The normalized spacial score (nSPS) is 11.9. The van der Waals surface area contributed by atoms with E-state index in [-0.39, 0.29) is 11.8 Å². The van der Waals surface area contributed by atoms with E-state index in [4.69, 9.17) is 11.6 Å². The molecule has 2 rings (SSSR count). The van der Waals surface area contributed by atoms with E-state index in [1.54, 1.807) is 11.0 Å². The lowest BCUT2D eigenvalue weighted by atomic mass is 10.0. The van der Waals surface area contributed by atoms with Crippen molar-refractivity contribution < 1.29 is 9.59 Å². The van der Waals surface area contributed by atoms with E-state index in [1.807, 2.05) is 55.5 Å². The summed E-state index contributed by atoms with van der Waals surface area (Å²) in [4.78, 5) is 27.9. The topological polar surface area (TPSA) is 49.4 Å². The van der Waals surface area contributed by atoms with Crippen LogP contribution in [-0.4, -0.2) is 29.3 Å². The molecule has 0 aliphatic heterocycles. The minimum Gasteiger partial charge on any atom is -0.354 e. The molecule has 0 spiro atoms. The fourth-order valence-electron chi connectivity index (χ4n) is 3.17. The zero-order valence-corrected chi connectivity index (χ0v) is 18.3. The fraction of sp³-hybridized carbons (Fsp3) is 0.417. The van der Waals surface area contributed by atoms with Crippen molar-refractivity contribution in [2.24, 2.45) is 5.92 Å². The van der Waals surface area contributed by atoms with Crippen molar-refractivity contribution in [3.8, 4) is 0 Å². The van der Waals surface area contributed by atoms with Crippen molar-refractivity contribution in [3.05, 3.63) is 70.7 Å². The first kappa shape index (κ1) is 23.0. The summed E-state index contributed by atoms with van der Waals surface area (Å²) in [6.45, 7) is 7.01. The van der Waals surface area contributed by atoms with Crippen LogP contribution in [0.2, 0.25) is 5.02 Å². The molecule has 0 saturated carbocycles. The molecule has 2 aromatic rings. The van der Waals surface area contributed by atoms with Gasteiger partial charge in [0.2, 0.25) is 11.8 Å². The highest BCUT2D eigenvalue weighted by molar-refractivity contribution is 6.30. The van der Waals surface area contributed by atoms with Crippen molar-refractivity contribution in [2.45, 2.75) is 52.6 Å². The van der Waals surface area contributed by atoms with Gasteiger partial charge in [-0.05, 0) is 35.6 Å². The molecule has 1 N–H and O–H groups in total. The van der Waals surface area contributed by atoms with E-state index in [0.29, 0.717) is 36.9 Å². The molecule has 5 heteroatoms. The third kappa shape index (κ3) is 7.54. The summed E-state index contributed by atoms with van der Waals surface area (Å²) in [6.07, 6.45) is 1.61. The van der Waals surface area contributed by atoms with Crippen LogP contribution in [0.25, 0.3) is 0 Å². The fourth-order valence-corrected chi connectivity index (χ4v) is 3.38. The third-order valence-electron chi connectivity index (χ3n) is 4.66. The van der Waals surface area contributed by atoms with Crippen LogP contribution in [0.3, 0.4) is 0 Å². The molecule has 156 valence electrons. The first-order valence-electron chi connectivity index (χ1n) is 10.3. The molecule has 2 amide bonds. The van der Waals surface area contributed by atoms with E-state index < -0.39 is 6.04 Å². The quantitative estimate of drug-likeness (QED) is 0.604. The highest BCUT2D eigenvalue weighted by Crippen LogP contribution is 2.18. The second kappa shape index (κ2) is 11.6. The first-order chi connectivity index (χ1) is 13.9. The van der Waals surface area contributed by atoms with E-state index >= 15 is 0 Å². The van der Waals surface area contributed by atoms with Crippen LogP contribution in [-0.2, 0) is 22.6 Å². The minimum atomic E-state index is -0.575. The monoisotopic (exact) mass is 414 g/mol. The number of nitrogens with one attached hydrogen (secondary N) is 1. The smallest absolute Gasteiger partial charge is 0.243 e. The molecule has 1 unspecified atom stereocenters. The molecule has 0 bridgehead atoms. The predicted molar refractivity (Wildman–Crippen MR) is 119 cm³/mol. The summed E-state index contributed by atoms with van der Waals surface area (Å²) >= 11 is 6.14. The summed E-state index contributed by atoms with van der Waals surface area (Å²) in [5.41, 5.74) is 1.94. The number of benzene rings is 2. The van der Waals surface area contributed by atoms with Gasteiger partial charge in [-0.3, -0.25) is 9.59 Å². The number of carbonyl (C=O) groups is 2. The zero-order chi connectivity index (χ0) is 21.2. The molecular formula is C24H31ClN2O2. The molecule has 4 nitrogen and oxygen atoms in total. The maximum absolute atomic E-state index is 13.1. The number of nitrogens with zero attached hydrogens (tertiary/aromatic N) is 1. The van der Waals surface area contributed by atoms with Crippen molar-refractivity contribution in [1.82, 2.24) is 10.2 Å². The van der Waals surface area contributed by atoms with E-state index in [0.717, 1.165) is 17.5 Å². The summed E-state index contributed by atoms with van der Waals surface area (Å²) in [7, 11) is 0. The second-order valence-corrected chi connectivity index (χ2v) is 8.18. The number of halogens is 1. The Morgan fingerprint density at radius 2 is 1.72 bits per heavy atom. The van der Waals surface area contributed by atoms with E-state index in [9.17, 15) is 9.59 Å². The lowest BCUT2D eigenvalue weighted by molar-refractivity contribution is -0.141. The maximum atomic E-state index is 13.1. The van der Waals surface area contributed by atoms with Crippen LogP contribution in [0.15, 0.2) is 54.6 Å². The average Bonchev–Trinajstić information content (AvgIpc) is 2.69. The van der Waals surface area contributed by atoms with Crippen molar-refractivity contribution in [1.29, 1.82) is 0 Å². The summed E-state index contributed by atoms with van der Waals surface area (Å²) < 4.78 is 0. The highest BCUT2D eigenvalue weighted by Gasteiger charge is 2.29. The van der Waals surface area contributed by atoms with Crippen LogP contribution >= 0.6 is 11.6 Å². The molecule has 0 aliphatic rings. The Labute approximate surface area is 179 Å². The Balaban J connectivity index is 2.34. The Morgan fingerprint density at radius 3 is 2.34 bits per heavy atom. The zero-order valence-electron chi connectivity index (χ0n) is 17.5. The van der Waals surface area contributed by atoms with Gasteiger partial charge < -0.3 is 10.2 Å². The third-order valence-corrected chi connectivity index (χ3v) is 4.90. The average molecular weight is 415 g/mol. The number of rotatable bonds is 10. The molecule has 0 heterocycles. The van der Waals surface area contributed by atoms with Gasteiger partial charge in [0.15, 0.2) is 0 Å². The van der Waals surface area contributed by atoms with Gasteiger partial charge in [-0.1, -0.05) is 74.8 Å². The molecule has 0 aliphatic carbocycles.